The Kier molecular flexibility index (Phi) is 3.89. The van der Waals surface area contributed by atoms with Gasteiger partial charge >= 0.3 is 0 Å². The molecule has 0 radical (unpaired) electrons. The predicted molar refractivity (Wildman–Crippen MR) is 96.5 cm³/mol. The Balaban J connectivity index is 1.71. The van der Waals surface area contributed by atoms with Gasteiger partial charge in [-0.15, -0.1) is 0 Å². The number of carbonyl (C=O) groups excluding carboxylic acids is 2. The molecule has 4 rings (SSSR count). The van der Waals surface area contributed by atoms with Gasteiger partial charge in [0.2, 0.25) is 0 Å². The van der Waals surface area contributed by atoms with E-state index in [-0.39, 0.29) is 17.0 Å². The minimum Gasteiger partial charge on any atom is -0.343 e. The molecule has 124 valence electrons. The molecule has 0 unspecified atom stereocenters. The van der Waals surface area contributed by atoms with Crippen LogP contribution in [0.15, 0.2) is 59.6 Å². The summed E-state index contributed by atoms with van der Waals surface area (Å²) in [6.07, 6.45) is 3.69. The van der Waals surface area contributed by atoms with Crippen molar-refractivity contribution in [2.24, 2.45) is 0 Å². The van der Waals surface area contributed by atoms with Gasteiger partial charge in [-0.05, 0) is 53.2 Å². The fourth-order valence-electron chi connectivity index (χ4n) is 2.86. The summed E-state index contributed by atoms with van der Waals surface area (Å²) in [4.78, 5) is 23.4. The maximum atomic E-state index is 13.1. The number of hydrogen-bond acceptors (Lipinski definition) is 3. The predicted octanol–water partition coefficient (Wildman–Crippen LogP) is 4.15. The zero-order chi connectivity index (χ0) is 17.4. The Bertz CT molecular complexity index is 1020. The van der Waals surface area contributed by atoms with Gasteiger partial charge < -0.3 is 4.57 Å². The highest BCUT2D eigenvalue weighted by Gasteiger charge is 2.25. The molecule has 2 amide bonds. The first kappa shape index (κ1) is 15.7. The maximum absolute atomic E-state index is 13.1. The van der Waals surface area contributed by atoms with Crippen molar-refractivity contribution in [3.05, 3.63) is 76.6 Å². The lowest BCUT2D eigenvalue weighted by Gasteiger charge is -2.06. The summed E-state index contributed by atoms with van der Waals surface area (Å²) in [5, 5.41) is 2.90. The standard InChI is InChI=1S/C19H13FN2O2S/c20-14-6-4-12(5-7-14)11-22-9-8-15-13(2-1-3-16(15)22)10-17-18(23)21-19(24)25-17/h1-10H,11H2,(H,21,23,24). The Morgan fingerprint density at radius 2 is 1.88 bits per heavy atom. The number of aromatic nitrogens is 1. The maximum Gasteiger partial charge on any atom is 0.290 e. The molecule has 6 heteroatoms. The lowest BCUT2D eigenvalue weighted by atomic mass is 10.1. The van der Waals surface area contributed by atoms with Crippen molar-refractivity contribution >= 4 is 39.9 Å². The topological polar surface area (TPSA) is 51.1 Å². The van der Waals surface area contributed by atoms with E-state index in [9.17, 15) is 14.0 Å². The third kappa shape index (κ3) is 3.08. The number of benzene rings is 2. The van der Waals surface area contributed by atoms with Gasteiger partial charge in [0.15, 0.2) is 0 Å². The number of nitrogens with zero attached hydrogens (tertiary/aromatic N) is 1. The van der Waals surface area contributed by atoms with E-state index < -0.39 is 0 Å². The van der Waals surface area contributed by atoms with E-state index in [1.165, 1.54) is 12.1 Å². The summed E-state index contributed by atoms with van der Waals surface area (Å²) in [7, 11) is 0. The fraction of sp³-hybridized carbons (Fsp3) is 0.0526. The molecule has 25 heavy (non-hydrogen) atoms. The Hall–Kier alpha value is -2.86. The summed E-state index contributed by atoms with van der Waals surface area (Å²) in [6, 6.07) is 14.2. The quantitative estimate of drug-likeness (QED) is 0.721. The van der Waals surface area contributed by atoms with Crippen LogP contribution in [0.25, 0.3) is 17.0 Å². The van der Waals surface area contributed by atoms with E-state index in [0.717, 1.165) is 33.8 Å². The van der Waals surface area contributed by atoms with Crippen molar-refractivity contribution in [2.75, 3.05) is 0 Å². The molecule has 1 fully saturated rings. The van der Waals surface area contributed by atoms with Crippen molar-refractivity contribution in [1.29, 1.82) is 0 Å². The van der Waals surface area contributed by atoms with E-state index in [1.807, 2.05) is 30.5 Å². The number of thioether (sulfide) groups is 1. The summed E-state index contributed by atoms with van der Waals surface area (Å²) in [5.74, 6) is -0.616. The van der Waals surface area contributed by atoms with Gasteiger partial charge in [-0.3, -0.25) is 14.9 Å². The first-order valence-electron chi connectivity index (χ1n) is 7.67. The van der Waals surface area contributed by atoms with Crippen LogP contribution in [0.2, 0.25) is 0 Å². The molecule has 0 aliphatic carbocycles. The molecular weight excluding hydrogens is 339 g/mol. The largest absolute Gasteiger partial charge is 0.343 e. The third-order valence-corrected chi connectivity index (χ3v) is 4.85. The summed E-state index contributed by atoms with van der Waals surface area (Å²) >= 11 is 0.907. The number of amides is 2. The molecule has 0 spiro atoms. The first-order chi connectivity index (χ1) is 12.1. The number of hydrogen-bond donors (Lipinski definition) is 1. The highest BCUT2D eigenvalue weighted by Crippen LogP contribution is 2.29. The van der Waals surface area contributed by atoms with Crippen molar-refractivity contribution < 1.29 is 14.0 Å². The van der Waals surface area contributed by atoms with Gasteiger partial charge in [0.1, 0.15) is 5.82 Å². The number of nitrogens with one attached hydrogen (secondary N) is 1. The Labute approximate surface area is 147 Å². The normalized spacial score (nSPS) is 16.0. The van der Waals surface area contributed by atoms with Gasteiger partial charge in [0.05, 0.1) is 4.91 Å². The van der Waals surface area contributed by atoms with E-state index in [2.05, 4.69) is 9.88 Å². The van der Waals surface area contributed by atoms with Crippen molar-refractivity contribution in [2.45, 2.75) is 6.54 Å². The zero-order valence-electron chi connectivity index (χ0n) is 13.0. The van der Waals surface area contributed by atoms with Crippen molar-refractivity contribution in [3.63, 3.8) is 0 Å². The SMILES string of the molecule is O=C1NC(=O)C(=Cc2cccc3c2ccn3Cc2ccc(F)cc2)S1. The molecule has 1 N–H and O–H groups in total. The second-order valence-electron chi connectivity index (χ2n) is 5.70. The monoisotopic (exact) mass is 352 g/mol. The molecule has 2 aromatic carbocycles. The molecule has 3 aromatic rings. The van der Waals surface area contributed by atoms with Crippen LogP contribution in [0.1, 0.15) is 11.1 Å². The average molecular weight is 352 g/mol. The van der Waals surface area contributed by atoms with Gasteiger partial charge in [0, 0.05) is 23.6 Å². The van der Waals surface area contributed by atoms with Crippen molar-refractivity contribution in [1.82, 2.24) is 9.88 Å². The molecular formula is C19H13FN2O2S. The fourth-order valence-corrected chi connectivity index (χ4v) is 3.53. The molecule has 0 bridgehead atoms. The molecule has 1 aliphatic heterocycles. The number of halogens is 1. The smallest absolute Gasteiger partial charge is 0.290 e. The lowest BCUT2D eigenvalue weighted by molar-refractivity contribution is -0.115. The minimum absolute atomic E-state index is 0.253. The van der Waals surface area contributed by atoms with Gasteiger partial charge in [-0.25, -0.2) is 4.39 Å². The molecule has 0 atom stereocenters. The summed E-state index contributed by atoms with van der Waals surface area (Å²) in [5.41, 5.74) is 2.88. The number of imide groups is 1. The van der Waals surface area contributed by atoms with Crippen LogP contribution in [0.4, 0.5) is 9.18 Å². The van der Waals surface area contributed by atoms with Gasteiger partial charge in [-0.1, -0.05) is 24.3 Å². The third-order valence-electron chi connectivity index (χ3n) is 4.04. The van der Waals surface area contributed by atoms with E-state index in [1.54, 1.807) is 18.2 Å². The second kappa shape index (κ2) is 6.22. The van der Waals surface area contributed by atoms with Crippen LogP contribution in [0.5, 0.6) is 0 Å². The van der Waals surface area contributed by atoms with Crippen LogP contribution >= 0.6 is 11.8 Å². The molecule has 0 saturated carbocycles. The minimum atomic E-state index is -0.363. The van der Waals surface area contributed by atoms with Gasteiger partial charge in [-0.2, -0.15) is 0 Å². The van der Waals surface area contributed by atoms with Gasteiger partial charge in [0.25, 0.3) is 11.1 Å². The van der Waals surface area contributed by atoms with E-state index in [0.29, 0.717) is 11.4 Å². The molecule has 1 aliphatic rings. The second-order valence-corrected chi connectivity index (χ2v) is 6.72. The Morgan fingerprint density at radius 1 is 1.08 bits per heavy atom. The highest BCUT2D eigenvalue weighted by molar-refractivity contribution is 8.18. The summed E-state index contributed by atoms with van der Waals surface area (Å²) in [6.45, 7) is 0.623. The van der Waals surface area contributed by atoms with E-state index in [4.69, 9.17) is 0 Å². The van der Waals surface area contributed by atoms with E-state index >= 15 is 0 Å². The Morgan fingerprint density at radius 3 is 2.60 bits per heavy atom. The summed E-state index contributed by atoms with van der Waals surface area (Å²) < 4.78 is 15.1. The van der Waals surface area contributed by atoms with Crippen LogP contribution in [-0.2, 0) is 11.3 Å². The molecule has 1 saturated heterocycles. The van der Waals surface area contributed by atoms with Crippen molar-refractivity contribution in [3.8, 4) is 0 Å². The number of rotatable bonds is 3. The molecule has 1 aromatic heterocycles. The highest BCUT2D eigenvalue weighted by atomic mass is 32.2. The van der Waals surface area contributed by atoms with Crippen LogP contribution in [0, 0.1) is 5.82 Å². The number of carbonyl (C=O) groups is 2. The molecule has 4 nitrogen and oxygen atoms in total. The molecule has 2 heterocycles. The first-order valence-corrected chi connectivity index (χ1v) is 8.49. The average Bonchev–Trinajstić information content (AvgIpc) is 3.14. The van der Waals surface area contributed by atoms with Crippen LogP contribution in [0.3, 0.4) is 0 Å². The number of fused-ring (bicyclic) bond motifs is 1. The van der Waals surface area contributed by atoms with Crippen LogP contribution < -0.4 is 5.32 Å². The zero-order valence-corrected chi connectivity index (χ0v) is 13.8. The van der Waals surface area contributed by atoms with Crippen LogP contribution in [-0.4, -0.2) is 15.7 Å². The lowest BCUT2D eigenvalue weighted by Crippen LogP contribution is -2.17.